The summed E-state index contributed by atoms with van der Waals surface area (Å²) in [5.74, 6) is -0.127. The third-order valence-electron chi connectivity index (χ3n) is 3.64. The zero-order valence-corrected chi connectivity index (χ0v) is 14.1. The second-order valence-corrected chi connectivity index (χ2v) is 7.23. The summed E-state index contributed by atoms with van der Waals surface area (Å²) in [6.45, 7) is 0. The van der Waals surface area contributed by atoms with Gasteiger partial charge in [0.05, 0.1) is 5.69 Å². The molecule has 0 spiro atoms. The van der Waals surface area contributed by atoms with Gasteiger partial charge in [-0.05, 0) is 29.8 Å². The summed E-state index contributed by atoms with van der Waals surface area (Å²) in [6, 6.07) is 24.2. The molecule has 0 aliphatic heterocycles. The fourth-order valence-electron chi connectivity index (χ4n) is 2.43. The van der Waals surface area contributed by atoms with Crippen molar-refractivity contribution in [1.29, 1.82) is 0 Å². The Kier molecular flexibility index (Phi) is 4.90. The van der Waals surface area contributed by atoms with Crippen molar-refractivity contribution in [3.05, 3.63) is 90.5 Å². The minimum Gasteiger partial charge on any atom is -0.506 e. The Labute approximate surface area is 147 Å². The van der Waals surface area contributed by atoms with Crippen LogP contribution >= 0.6 is 0 Å². The topological polar surface area (TPSA) is 78.4 Å². The maximum Gasteiger partial charge on any atom is 0.258 e. The van der Waals surface area contributed by atoms with Gasteiger partial charge in [0.2, 0.25) is 0 Å². The standard InChI is InChI=1S/C19H18N2O3S/c22-18-14-8-7-13-17(18)21-25(23,24)19(15-9-3-1-4-10-15)20-16-11-5-2-6-12-16/h1-14,19-22H. The number of aromatic hydroxyl groups is 1. The molecular formula is C19H18N2O3S. The largest absolute Gasteiger partial charge is 0.506 e. The molecule has 0 bridgehead atoms. The van der Waals surface area contributed by atoms with E-state index < -0.39 is 15.4 Å². The molecule has 3 N–H and O–H groups in total. The molecule has 1 unspecified atom stereocenters. The van der Waals surface area contributed by atoms with Gasteiger partial charge < -0.3 is 10.4 Å². The number of sulfonamides is 1. The van der Waals surface area contributed by atoms with Crippen molar-refractivity contribution in [3.63, 3.8) is 0 Å². The van der Waals surface area contributed by atoms with Crippen molar-refractivity contribution in [1.82, 2.24) is 0 Å². The highest BCUT2D eigenvalue weighted by atomic mass is 32.2. The van der Waals surface area contributed by atoms with Gasteiger partial charge in [0, 0.05) is 5.69 Å². The number of para-hydroxylation sites is 3. The molecule has 0 heterocycles. The normalized spacial score (nSPS) is 12.3. The Morgan fingerprint density at radius 1 is 0.760 bits per heavy atom. The van der Waals surface area contributed by atoms with Crippen LogP contribution < -0.4 is 10.0 Å². The molecule has 5 nitrogen and oxygen atoms in total. The van der Waals surface area contributed by atoms with Gasteiger partial charge in [0.1, 0.15) is 5.75 Å². The number of hydrogen-bond acceptors (Lipinski definition) is 4. The zero-order chi connectivity index (χ0) is 17.7. The second-order valence-electron chi connectivity index (χ2n) is 5.47. The van der Waals surface area contributed by atoms with Crippen LogP contribution in [0.4, 0.5) is 11.4 Å². The molecule has 25 heavy (non-hydrogen) atoms. The van der Waals surface area contributed by atoms with E-state index in [2.05, 4.69) is 10.0 Å². The molecule has 0 fully saturated rings. The molecule has 0 saturated heterocycles. The molecule has 0 saturated carbocycles. The van der Waals surface area contributed by atoms with Crippen LogP contribution in [-0.2, 0) is 10.0 Å². The number of nitrogens with one attached hydrogen (secondary N) is 2. The van der Waals surface area contributed by atoms with Gasteiger partial charge in [-0.25, -0.2) is 8.42 Å². The average Bonchev–Trinajstić information content (AvgIpc) is 2.63. The smallest absolute Gasteiger partial charge is 0.258 e. The van der Waals surface area contributed by atoms with Crippen LogP contribution in [0.1, 0.15) is 10.9 Å². The highest BCUT2D eigenvalue weighted by Crippen LogP contribution is 2.29. The predicted molar refractivity (Wildman–Crippen MR) is 99.9 cm³/mol. The Bertz CT molecular complexity index is 929. The second kappa shape index (κ2) is 7.27. The van der Waals surface area contributed by atoms with E-state index in [1.807, 2.05) is 24.3 Å². The van der Waals surface area contributed by atoms with Gasteiger partial charge in [0.15, 0.2) is 5.37 Å². The molecule has 3 aromatic rings. The highest BCUT2D eigenvalue weighted by molar-refractivity contribution is 7.93. The van der Waals surface area contributed by atoms with Gasteiger partial charge in [-0.15, -0.1) is 0 Å². The molecule has 1 atom stereocenters. The molecule has 0 radical (unpaired) electrons. The minimum absolute atomic E-state index is 0.127. The summed E-state index contributed by atoms with van der Waals surface area (Å²) >= 11 is 0. The summed E-state index contributed by atoms with van der Waals surface area (Å²) in [6.07, 6.45) is 0. The lowest BCUT2D eigenvalue weighted by molar-refractivity contribution is 0.477. The number of rotatable bonds is 6. The first-order valence-corrected chi connectivity index (χ1v) is 9.27. The first-order valence-electron chi connectivity index (χ1n) is 7.72. The summed E-state index contributed by atoms with van der Waals surface area (Å²) in [4.78, 5) is 0. The minimum atomic E-state index is -3.87. The maximum atomic E-state index is 13.0. The van der Waals surface area contributed by atoms with Crippen LogP contribution in [0.2, 0.25) is 0 Å². The van der Waals surface area contributed by atoms with E-state index in [0.29, 0.717) is 11.3 Å². The quantitative estimate of drug-likeness (QED) is 0.586. The molecule has 128 valence electrons. The van der Waals surface area contributed by atoms with E-state index in [-0.39, 0.29) is 11.4 Å². The van der Waals surface area contributed by atoms with Crippen molar-refractivity contribution in [2.75, 3.05) is 10.0 Å². The first-order chi connectivity index (χ1) is 12.1. The summed E-state index contributed by atoms with van der Waals surface area (Å²) in [7, 11) is -3.87. The van der Waals surface area contributed by atoms with Crippen LogP contribution in [0.5, 0.6) is 5.75 Å². The lowest BCUT2D eigenvalue weighted by Crippen LogP contribution is -2.27. The van der Waals surface area contributed by atoms with Crippen molar-refractivity contribution in [3.8, 4) is 5.75 Å². The Morgan fingerprint density at radius 2 is 1.32 bits per heavy atom. The van der Waals surface area contributed by atoms with Crippen molar-refractivity contribution in [2.45, 2.75) is 5.37 Å². The monoisotopic (exact) mass is 354 g/mol. The molecule has 0 aliphatic rings. The van der Waals surface area contributed by atoms with E-state index in [1.165, 1.54) is 12.1 Å². The molecule has 3 rings (SSSR count). The van der Waals surface area contributed by atoms with E-state index in [9.17, 15) is 13.5 Å². The van der Waals surface area contributed by atoms with Crippen molar-refractivity contribution in [2.24, 2.45) is 0 Å². The Balaban J connectivity index is 1.97. The molecule has 6 heteroatoms. The summed E-state index contributed by atoms with van der Waals surface area (Å²) in [5, 5.41) is 11.9. The first kappa shape index (κ1) is 16.9. The zero-order valence-electron chi connectivity index (χ0n) is 13.3. The number of phenolic OH excluding ortho intramolecular Hbond substituents is 1. The van der Waals surface area contributed by atoms with Crippen molar-refractivity contribution >= 4 is 21.4 Å². The van der Waals surface area contributed by atoms with Gasteiger partial charge in [0.25, 0.3) is 10.0 Å². The van der Waals surface area contributed by atoms with E-state index >= 15 is 0 Å². The van der Waals surface area contributed by atoms with Crippen LogP contribution in [0.3, 0.4) is 0 Å². The van der Waals surface area contributed by atoms with E-state index in [0.717, 1.165) is 0 Å². The highest BCUT2D eigenvalue weighted by Gasteiger charge is 2.28. The lowest BCUT2D eigenvalue weighted by atomic mass is 10.2. The van der Waals surface area contributed by atoms with E-state index in [1.54, 1.807) is 48.5 Å². The number of anilines is 2. The molecule has 0 aliphatic carbocycles. The van der Waals surface area contributed by atoms with Gasteiger partial charge in [-0.1, -0.05) is 60.7 Å². The SMILES string of the molecule is O=S(=O)(Nc1ccccc1O)C(Nc1ccccc1)c1ccccc1. The number of hydrogen-bond donors (Lipinski definition) is 3. The molecule has 3 aromatic carbocycles. The fourth-order valence-corrected chi connectivity index (χ4v) is 3.83. The van der Waals surface area contributed by atoms with Crippen LogP contribution in [0.25, 0.3) is 0 Å². The predicted octanol–water partition coefficient (Wildman–Crippen LogP) is 3.94. The summed E-state index contributed by atoms with van der Waals surface area (Å²) in [5.41, 5.74) is 1.41. The number of benzene rings is 3. The fraction of sp³-hybridized carbons (Fsp3) is 0.0526. The van der Waals surface area contributed by atoms with E-state index in [4.69, 9.17) is 0 Å². The molecule has 0 aromatic heterocycles. The Hall–Kier alpha value is -2.99. The van der Waals surface area contributed by atoms with Crippen LogP contribution in [-0.4, -0.2) is 13.5 Å². The van der Waals surface area contributed by atoms with Gasteiger partial charge in [-0.2, -0.15) is 0 Å². The lowest BCUT2D eigenvalue weighted by Gasteiger charge is -2.22. The molecule has 0 amide bonds. The van der Waals surface area contributed by atoms with Crippen LogP contribution in [0.15, 0.2) is 84.9 Å². The van der Waals surface area contributed by atoms with Gasteiger partial charge >= 0.3 is 0 Å². The van der Waals surface area contributed by atoms with Crippen molar-refractivity contribution < 1.29 is 13.5 Å². The number of phenols is 1. The van der Waals surface area contributed by atoms with Crippen LogP contribution in [0, 0.1) is 0 Å². The molecular weight excluding hydrogens is 336 g/mol. The third kappa shape index (κ3) is 4.10. The summed E-state index contributed by atoms with van der Waals surface area (Å²) < 4.78 is 28.4. The average molecular weight is 354 g/mol. The third-order valence-corrected chi connectivity index (χ3v) is 5.16. The van der Waals surface area contributed by atoms with Gasteiger partial charge in [-0.3, -0.25) is 4.72 Å². The Morgan fingerprint density at radius 3 is 1.96 bits per heavy atom. The maximum absolute atomic E-state index is 13.0.